The van der Waals surface area contributed by atoms with Crippen LogP contribution in [0.2, 0.25) is 0 Å². The fraction of sp³-hybridized carbons (Fsp3) is 0.318. The van der Waals surface area contributed by atoms with Crippen molar-refractivity contribution in [1.82, 2.24) is 5.32 Å². The Kier molecular flexibility index (Phi) is 4.78. The van der Waals surface area contributed by atoms with Gasteiger partial charge in [0, 0.05) is 30.8 Å². The lowest BCUT2D eigenvalue weighted by molar-refractivity contribution is -0.384. The van der Waals surface area contributed by atoms with E-state index in [4.69, 9.17) is 9.47 Å². The molecule has 2 fully saturated rings. The number of hydrogen-bond donors (Lipinski definition) is 1. The molecule has 0 radical (unpaired) electrons. The number of carbonyl (C=O) groups is 3. The number of barbiturate groups is 1. The molecule has 3 aliphatic rings. The number of morpholine rings is 1. The Hall–Kier alpha value is -3.99. The number of hydrogen-bond acceptors (Lipinski definition) is 8. The van der Waals surface area contributed by atoms with Crippen LogP contribution in [0, 0.1) is 15.5 Å². The molecule has 1 spiro atoms. The quantitative estimate of drug-likeness (QED) is 0.422. The van der Waals surface area contributed by atoms with Crippen molar-refractivity contribution in [3.05, 3.63) is 58.1 Å². The number of non-ortho nitro benzene ring substituents is 1. The minimum atomic E-state index is -1.70. The van der Waals surface area contributed by atoms with E-state index >= 15 is 0 Å². The molecule has 5 rings (SSSR count). The molecule has 0 unspecified atom stereocenters. The van der Waals surface area contributed by atoms with Gasteiger partial charge in [-0.1, -0.05) is 0 Å². The molecule has 2 atom stereocenters. The largest absolute Gasteiger partial charge is 0.497 e. The summed E-state index contributed by atoms with van der Waals surface area (Å²) in [6, 6.07) is 9.21. The molecule has 3 heterocycles. The molecule has 2 saturated heterocycles. The smallest absolute Gasteiger partial charge is 0.335 e. The summed E-state index contributed by atoms with van der Waals surface area (Å²) in [5.41, 5.74) is -0.347. The number of benzene rings is 2. The zero-order valence-electron chi connectivity index (χ0n) is 17.6. The lowest BCUT2D eigenvalue weighted by atomic mass is 9.68. The average molecular weight is 452 g/mol. The number of nitro groups is 1. The zero-order chi connectivity index (χ0) is 23.3. The molecular formula is C22H20N4O7. The maximum absolute atomic E-state index is 14.0. The van der Waals surface area contributed by atoms with Crippen molar-refractivity contribution < 1.29 is 28.8 Å². The van der Waals surface area contributed by atoms with Gasteiger partial charge in [-0.15, -0.1) is 0 Å². The Morgan fingerprint density at radius 2 is 1.94 bits per heavy atom. The van der Waals surface area contributed by atoms with E-state index in [-0.39, 0.29) is 24.4 Å². The Morgan fingerprint density at radius 3 is 2.64 bits per heavy atom. The van der Waals surface area contributed by atoms with Crippen LogP contribution in [0.25, 0.3) is 0 Å². The summed E-state index contributed by atoms with van der Waals surface area (Å²) in [5, 5.41) is 13.7. The van der Waals surface area contributed by atoms with Gasteiger partial charge in [-0.05, 0) is 35.9 Å². The number of carbonyl (C=O) groups excluding carboxylic acids is 3. The van der Waals surface area contributed by atoms with Crippen molar-refractivity contribution in [1.29, 1.82) is 0 Å². The van der Waals surface area contributed by atoms with E-state index in [1.807, 2.05) is 4.90 Å². The second kappa shape index (κ2) is 7.55. The number of nitrogens with zero attached hydrogens (tertiary/aromatic N) is 3. The Morgan fingerprint density at radius 1 is 1.18 bits per heavy atom. The highest BCUT2D eigenvalue weighted by molar-refractivity contribution is 6.30. The van der Waals surface area contributed by atoms with Crippen LogP contribution in [0.5, 0.6) is 5.75 Å². The predicted octanol–water partition coefficient (Wildman–Crippen LogP) is 1.63. The van der Waals surface area contributed by atoms with Gasteiger partial charge in [-0.2, -0.15) is 0 Å². The third-order valence-electron chi connectivity index (χ3n) is 6.49. The Bertz CT molecular complexity index is 1180. The molecule has 0 bridgehead atoms. The number of rotatable bonds is 3. The minimum Gasteiger partial charge on any atom is -0.497 e. The topological polar surface area (TPSA) is 131 Å². The third-order valence-corrected chi connectivity index (χ3v) is 6.49. The van der Waals surface area contributed by atoms with E-state index in [2.05, 4.69) is 5.32 Å². The summed E-state index contributed by atoms with van der Waals surface area (Å²) < 4.78 is 10.8. The van der Waals surface area contributed by atoms with Crippen molar-refractivity contribution >= 4 is 34.9 Å². The normalized spacial score (nSPS) is 24.3. The number of methoxy groups -OCH3 is 1. The van der Waals surface area contributed by atoms with Gasteiger partial charge >= 0.3 is 6.03 Å². The Labute approximate surface area is 188 Å². The van der Waals surface area contributed by atoms with Gasteiger partial charge in [-0.25, -0.2) is 9.69 Å². The molecule has 0 aromatic heterocycles. The van der Waals surface area contributed by atoms with Gasteiger partial charge < -0.3 is 14.4 Å². The van der Waals surface area contributed by atoms with Crippen LogP contribution in [-0.2, 0) is 20.7 Å². The summed E-state index contributed by atoms with van der Waals surface area (Å²) in [6.07, 6.45) is -0.0981. The highest BCUT2D eigenvalue weighted by atomic mass is 16.6. The fourth-order valence-electron chi connectivity index (χ4n) is 4.89. The first-order valence-electron chi connectivity index (χ1n) is 10.3. The fourth-order valence-corrected chi connectivity index (χ4v) is 4.89. The van der Waals surface area contributed by atoms with Gasteiger partial charge in [0.25, 0.3) is 11.6 Å². The number of nitrogens with one attached hydrogen (secondary N) is 1. The molecule has 0 saturated carbocycles. The number of nitro benzene ring substituents is 1. The van der Waals surface area contributed by atoms with E-state index in [1.165, 1.54) is 19.2 Å². The van der Waals surface area contributed by atoms with Crippen LogP contribution in [0.1, 0.15) is 5.56 Å². The van der Waals surface area contributed by atoms with Gasteiger partial charge in [0.05, 0.1) is 37.0 Å². The van der Waals surface area contributed by atoms with Crippen molar-refractivity contribution in [2.24, 2.45) is 5.41 Å². The van der Waals surface area contributed by atoms with Gasteiger partial charge in [0.1, 0.15) is 5.75 Å². The number of fused-ring (bicyclic) bond motifs is 4. The van der Waals surface area contributed by atoms with E-state index in [1.54, 1.807) is 30.3 Å². The molecule has 33 heavy (non-hydrogen) atoms. The average Bonchev–Trinajstić information content (AvgIpc) is 2.82. The minimum absolute atomic E-state index is 0.0975. The summed E-state index contributed by atoms with van der Waals surface area (Å²) in [4.78, 5) is 53.7. The SMILES string of the molecule is COc1ccc(N2C(=O)NC(=O)[C@]3(Cc4cc([N+](=O)[O-])ccc4N4CCOC[C@H]43)C2=O)cc1. The second-order valence-electron chi connectivity index (χ2n) is 8.10. The molecule has 2 aromatic rings. The van der Waals surface area contributed by atoms with Crippen LogP contribution in [0.15, 0.2) is 42.5 Å². The van der Waals surface area contributed by atoms with Crippen LogP contribution < -0.4 is 19.9 Å². The molecule has 11 heteroatoms. The molecule has 3 aliphatic heterocycles. The summed E-state index contributed by atoms with van der Waals surface area (Å²) in [6.45, 7) is 0.869. The standard InChI is InChI=1S/C22H20N4O7/c1-32-16-5-2-14(3-6-16)25-20(28)22(19(27)23-21(25)29)11-13-10-15(26(30)31)4-7-17(13)24-8-9-33-12-18(22)24/h2-7,10,18H,8-9,11-12H2,1H3,(H,23,27,29)/t18-,22+/m0/s1. The molecule has 170 valence electrons. The van der Waals surface area contributed by atoms with Crippen molar-refractivity contribution in [2.75, 3.05) is 36.7 Å². The van der Waals surface area contributed by atoms with Crippen LogP contribution >= 0.6 is 0 Å². The van der Waals surface area contributed by atoms with Gasteiger partial charge in [-0.3, -0.25) is 25.0 Å². The van der Waals surface area contributed by atoms with E-state index in [0.717, 1.165) is 4.90 Å². The first kappa shape index (κ1) is 20.9. The number of anilines is 2. The van der Waals surface area contributed by atoms with Crippen LogP contribution in [0.4, 0.5) is 21.9 Å². The molecule has 4 amide bonds. The molecule has 0 aliphatic carbocycles. The second-order valence-corrected chi connectivity index (χ2v) is 8.10. The Balaban J connectivity index is 1.64. The number of amides is 4. The number of urea groups is 1. The maximum Gasteiger partial charge on any atom is 0.335 e. The maximum atomic E-state index is 14.0. The zero-order valence-corrected chi connectivity index (χ0v) is 17.6. The van der Waals surface area contributed by atoms with Crippen LogP contribution in [0.3, 0.4) is 0 Å². The third kappa shape index (κ3) is 3.04. The molecular weight excluding hydrogens is 432 g/mol. The van der Waals surface area contributed by atoms with Crippen molar-refractivity contribution in [3.63, 3.8) is 0 Å². The summed E-state index contributed by atoms with van der Waals surface area (Å²) >= 11 is 0. The molecule has 11 nitrogen and oxygen atoms in total. The first-order chi connectivity index (χ1) is 15.9. The highest BCUT2D eigenvalue weighted by Gasteiger charge is 2.63. The molecule has 1 N–H and O–H groups in total. The highest BCUT2D eigenvalue weighted by Crippen LogP contribution is 2.46. The van der Waals surface area contributed by atoms with E-state index in [0.29, 0.717) is 30.2 Å². The molecule has 2 aromatic carbocycles. The van der Waals surface area contributed by atoms with Crippen molar-refractivity contribution in [3.8, 4) is 5.75 Å². The van der Waals surface area contributed by atoms with Crippen LogP contribution in [-0.4, -0.2) is 55.7 Å². The lowest BCUT2D eigenvalue weighted by Crippen LogP contribution is -2.74. The number of ether oxygens (including phenoxy) is 2. The summed E-state index contributed by atoms with van der Waals surface area (Å²) in [7, 11) is 1.50. The van der Waals surface area contributed by atoms with Gasteiger partial charge in [0.15, 0.2) is 5.41 Å². The van der Waals surface area contributed by atoms with E-state index in [9.17, 15) is 24.5 Å². The summed E-state index contributed by atoms with van der Waals surface area (Å²) in [5.74, 6) is -0.890. The van der Waals surface area contributed by atoms with Gasteiger partial charge in [0.2, 0.25) is 5.91 Å². The lowest BCUT2D eigenvalue weighted by Gasteiger charge is -2.53. The number of imide groups is 2. The monoisotopic (exact) mass is 452 g/mol. The van der Waals surface area contributed by atoms with Crippen molar-refractivity contribution in [2.45, 2.75) is 12.5 Å². The predicted molar refractivity (Wildman–Crippen MR) is 115 cm³/mol. The van der Waals surface area contributed by atoms with E-state index < -0.39 is 34.2 Å². The first-order valence-corrected chi connectivity index (χ1v) is 10.3.